The highest BCUT2D eigenvalue weighted by molar-refractivity contribution is 6.78. The zero-order valence-corrected chi connectivity index (χ0v) is 37.0. The van der Waals surface area contributed by atoms with Crippen LogP contribution in [0.4, 0.5) is 0 Å². The summed E-state index contributed by atoms with van der Waals surface area (Å²) in [5.41, 5.74) is 1.74. The maximum Gasteiger partial charge on any atom is 0.183 e. The number of epoxide rings is 1. The van der Waals surface area contributed by atoms with Gasteiger partial charge in [-0.3, -0.25) is 0 Å². The maximum atomic E-state index is 6.55. The van der Waals surface area contributed by atoms with Gasteiger partial charge >= 0.3 is 0 Å². The third-order valence-corrected chi connectivity index (χ3v) is 17.9. The largest absolute Gasteiger partial charge is 0.417 e. The average molecular weight is 703 g/mol. The molecule has 4 nitrogen and oxygen atoms in total. The lowest BCUT2D eigenvalue weighted by Gasteiger charge is -2.37. The van der Waals surface area contributed by atoms with Gasteiger partial charge in [0.1, 0.15) is 6.10 Å². The van der Waals surface area contributed by atoms with Gasteiger partial charge in [-0.15, -0.1) is 0 Å². The SMILES string of the molecule is CCCC(CO[Si](C)(C)C)C(CCCCCCCCCCC(C(CCCOCC1CO1)CO[Si](C)(C)C)[Si](C)(C)C)[Si](C)(C)C. The van der Waals surface area contributed by atoms with E-state index >= 15 is 0 Å². The summed E-state index contributed by atoms with van der Waals surface area (Å²) in [6.45, 7) is 36.5. The van der Waals surface area contributed by atoms with Gasteiger partial charge in [0.15, 0.2) is 16.6 Å². The minimum Gasteiger partial charge on any atom is -0.417 e. The molecule has 0 N–H and O–H groups in total. The van der Waals surface area contributed by atoms with E-state index in [0.717, 1.165) is 56.5 Å². The Kier molecular flexibility index (Phi) is 21.1. The summed E-state index contributed by atoms with van der Waals surface area (Å²) in [4.78, 5) is 0. The van der Waals surface area contributed by atoms with E-state index in [9.17, 15) is 0 Å². The highest BCUT2D eigenvalue weighted by Crippen LogP contribution is 2.40. The van der Waals surface area contributed by atoms with Crippen molar-refractivity contribution < 1.29 is 18.3 Å². The first-order valence-electron chi connectivity index (χ1n) is 19.3. The predicted molar refractivity (Wildman–Crippen MR) is 211 cm³/mol. The van der Waals surface area contributed by atoms with Crippen molar-refractivity contribution in [2.75, 3.05) is 33.0 Å². The molecule has 8 heteroatoms. The van der Waals surface area contributed by atoms with Crippen molar-refractivity contribution in [2.24, 2.45) is 11.8 Å². The standard InChI is InChI=1S/C37H82O4Si4/c1-14-24-33(29-40-44(8,9)10)36(42(2,3)4)26-21-19-17-15-16-18-20-22-27-37(43(5,6)7)34(30-41-45(11,12)13)25-23-28-38-31-35-32-39-35/h33-37H,14-32H2,1-13H3. The Morgan fingerprint density at radius 2 is 0.956 bits per heavy atom. The van der Waals surface area contributed by atoms with Crippen LogP contribution in [0, 0.1) is 11.8 Å². The van der Waals surface area contributed by atoms with Gasteiger partial charge in [-0.1, -0.05) is 117 Å². The van der Waals surface area contributed by atoms with Gasteiger partial charge in [0.2, 0.25) is 0 Å². The quantitative estimate of drug-likeness (QED) is 0.0442. The van der Waals surface area contributed by atoms with Crippen molar-refractivity contribution in [3.63, 3.8) is 0 Å². The minimum atomic E-state index is -1.52. The second kappa shape index (κ2) is 21.7. The lowest BCUT2D eigenvalue weighted by Crippen LogP contribution is -2.38. The lowest BCUT2D eigenvalue weighted by atomic mass is 9.95. The van der Waals surface area contributed by atoms with Crippen LogP contribution in [0.3, 0.4) is 0 Å². The molecule has 1 saturated heterocycles. The van der Waals surface area contributed by atoms with E-state index in [-0.39, 0.29) is 0 Å². The summed E-state index contributed by atoms with van der Waals surface area (Å²) in [5.74, 6) is 1.45. The second-order valence-electron chi connectivity index (χ2n) is 18.7. The van der Waals surface area contributed by atoms with Gasteiger partial charge in [-0.25, -0.2) is 0 Å². The van der Waals surface area contributed by atoms with Crippen LogP contribution in [0.1, 0.15) is 96.8 Å². The third-order valence-electron chi connectivity index (χ3n) is 9.83. The summed E-state index contributed by atoms with van der Waals surface area (Å²) < 4.78 is 24.2. The Morgan fingerprint density at radius 1 is 0.556 bits per heavy atom. The van der Waals surface area contributed by atoms with Gasteiger partial charge in [-0.05, 0) is 81.5 Å². The first-order valence-corrected chi connectivity index (χ1v) is 33.3. The fourth-order valence-corrected chi connectivity index (χ4v) is 14.2. The van der Waals surface area contributed by atoms with E-state index in [2.05, 4.69) is 85.5 Å². The highest BCUT2D eigenvalue weighted by atomic mass is 28.4. The van der Waals surface area contributed by atoms with Crippen molar-refractivity contribution in [3.8, 4) is 0 Å². The molecule has 5 atom stereocenters. The molecule has 1 fully saturated rings. The lowest BCUT2D eigenvalue weighted by molar-refractivity contribution is 0.106. The molecule has 0 amide bonds. The fourth-order valence-electron chi connectivity index (χ4n) is 7.25. The summed E-state index contributed by atoms with van der Waals surface area (Å²) >= 11 is 0. The van der Waals surface area contributed by atoms with Gasteiger partial charge < -0.3 is 18.3 Å². The fraction of sp³-hybridized carbons (Fsp3) is 1.00. The zero-order valence-electron chi connectivity index (χ0n) is 33.0. The van der Waals surface area contributed by atoms with Crippen LogP contribution in [0.25, 0.3) is 0 Å². The molecule has 45 heavy (non-hydrogen) atoms. The van der Waals surface area contributed by atoms with Crippen molar-refractivity contribution in [2.45, 2.75) is 193 Å². The van der Waals surface area contributed by atoms with Crippen LogP contribution in [0.2, 0.25) is 89.6 Å². The summed E-state index contributed by atoms with van der Waals surface area (Å²) in [7, 11) is -5.48. The molecule has 0 aromatic heterocycles. The molecule has 1 rings (SSSR count). The summed E-state index contributed by atoms with van der Waals surface area (Å²) in [5, 5.41) is 0. The zero-order chi connectivity index (χ0) is 34.2. The van der Waals surface area contributed by atoms with Crippen molar-refractivity contribution in [3.05, 3.63) is 0 Å². The van der Waals surface area contributed by atoms with Gasteiger partial charge in [0, 0.05) is 36.0 Å². The summed E-state index contributed by atoms with van der Waals surface area (Å²) in [6.07, 6.45) is 19.5. The number of unbranched alkanes of at least 4 members (excludes halogenated alkanes) is 7. The Hall–Kier alpha value is 0.708. The van der Waals surface area contributed by atoms with E-state index < -0.39 is 32.8 Å². The first-order chi connectivity index (χ1) is 20.8. The molecular weight excluding hydrogens is 621 g/mol. The van der Waals surface area contributed by atoms with Crippen LogP contribution in [-0.2, 0) is 18.3 Å². The van der Waals surface area contributed by atoms with Crippen LogP contribution >= 0.6 is 0 Å². The van der Waals surface area contributed by atoms with E-state index in [1.165, 1.54) is 83.5 Å². The van der Waals surface area contributed by atoms with E-state index in [0.29, 0.717) is 12.0 Å². The monoisotopic (exact) mass is 703 g/mol. The van der Waals surface area contributed by atoms with Crippen molar-refractivity contribution in [1.82, 2.24) is 0 Å². The number of ether oxygens (including phenoxy) is 2. The number of hydrogen-bond donors (Lipinski definition) is 0. The van der Waals surface area contributed by atoms with Crippen molar-refractivity contribution in [1.29, 1.82) is 0 Å². The molecule has 0 bridgehead atoms. The smallest absolute Gasteiger partial charge is 0.183 e. The Morgan fingerprint density at radius 3 is 1.31 bits per heavy atom. The highest BCUT2D eigenvalue weighted by Gasteiger charge is 2.35. The molecule has 1 heterocycles. The molecule has 0 aromatic rings. The molecule has 0 saturated carbocycles. The predicted octanol–water partition coefficient (Wildman–Crippen LogP) is 12.2. The first kappa shape index (κ1) is 43.7. The van der Waals surface area contributed by atoms with Gasteiger partial charge in [0.05, 0.1) is 13.2 Å². The Balaban J connectivity index is 2.43. The van der Waals surface area contributed by atoms with E-state index in [1.807, 2.05) is 0 Å². The maximum absolute atomic E-state index is 6.55. The Bertz CT molecular complexity index is 735. The minimum absolute atomic E-state index is 0.372. The normalized spacial score (nSPS) is 19.0. The van der Waals surface area contributed by atoms with Crippen LogP contribution in [0.15, 0.2) is 0 Å². The van der Waals surface area contributed by atoms with Gasteiger partial charge in [0.25, 0.3) is 0 Å². The Labute approximate surface area is 287 Å². The molecule has 0 aromatic carbocycles. The number of rotatable bonds is 29. The topological polar surface area (TPSA) is 40.2 Å². The molecule has 0 aliphatic carbocycles. The van der Waals surface area contributed by atoms with Gasteiger partial charge in [-0.2, -0.15) is 0 Å². The second-order valence-corrected chi connectivity index (χ2v) is 38.7. The molecule has 0 spiro atoms. The van der Waals surface area contributed by atoms with E-state index in [1.54, 1.807) is 0 Å². The molecular formula is C37H82O4Si4. The third kappa shape index (κ3) is 22.9. The van der Waals surface area contributed by atoms with Crippen LogP contribution < -0.4 is 0 Å². The molecule has 5 unspecified atom stereocenters. The average Bonchev–Trinajstić information content (AvgIpc) is 3.72. The molecule has 1 aliphatic rings. The summed E-state index contributed by atoms with van der Waals surface area (Å²) in [6, 6.07) is 0. The number of hydrogen-bond acceptors (Lipinski definition) is 4. The van der Waals surface area contributed by atoms with Crippen molar-refractivity contribution >= 4 is 32.8 Å². The van der Waals surface area contributed by atoms with Crippen LogP contribution in [0.5, 0.6) is 0 Å². The van der Waals surface area contributed by atoms with E-state index in [4.69, 9.17) is 18.3 Å². The molecule has 1 aliphatic heterocycles. The molecule has 270 valence electrons. The molecule has 0 radical (unpaired) electrons. The van der Waals surface area contributed by atoms with Crippen LogP contribution in [-0.4, -0.2) is 71.9 Å².